The van der Waals surface area contributed by atoms with Crippen LogP contribution in [0.2, 0.25) is 5.02 Å². The lowest BCUT2D eigenvalue weighted by Gasteiger charge is -2.32. The second kappa shape index (κ2) is 10.9. The molecular weight excluding hydrogens is 451 g/mol. The number of piperidine rings is 1. The summed E-state index contributed by atoms with van der Waals surface area (Å²) in [6.45, 7) is 6.79. The van der Waals surface area contributed by atoms with Gasteiger partial charge in [-0.2, -0.15) is 0 Å². The van der Waals surface area contributed by atoms with Gasteiger partial charge in [-0.25, -0.2) is 0 Å². The molecule has 140 valence electrons. The number of benzene rings is 1. The van der Waals surface area contributed by atoms with Crippen molar-refractivity contribution in [1.82, 2.24) is 10.2 Å². The number of guanidine groups is 1. The third-order valence-corrected chi connectivity index (χ3v) is 4.88. The summed E-state index contributed by atoms with van der Waals surface area (Å²) >= 11 is 6.07. The Balaban J connectivity index is 0.00000312. The van der Waals surface area contributed by atoms with E-state index in [4.69, 9.17) is 11.6 Å². The zero-order valence-corrected chi connectivity index (χ0v) is 18.2. The van der Waals surface area contributed by atoms with E-state index < -0.39 is 0 Å². The predicted octanol–water partition coefficient (Wildman–Crippen LogP) is 3.90. The van der Waals surface area contributed by atoms with E-state index in [-0.39, 0.29) is 29.9 Å². The number of hydrogen-bond donors (Lipinski definition) is 2. The van der Waals surface area contributed by atoms with Crippen LogP contribution in [0.25, 0.3) is 0 Å². The number of anilines is 1. The van der Waals surface area contributed by atoms with Gasteiger partial charge in [0.05, 0.1) is 0 Å². The maximum atomic E-state index is 12.1. The van der Waals surface area contributed by atoms with Crippen LogP contribution in [0, 0.1) is 12.8 Å². The molecule has 0 saturated carbocycles. The number of amides is 1. The third-order valence-electron chi connectivity index (χ3n) is 4.47. The molecule has 1 heterocycles. The average Bonchev–Trinajstić information content (AvgIpc) is 2.57. The van der Waals surface area contributed by atoms with Crippen LogP contribution in [0.5, 0.6) is 0 Å². The van der Waals surface area contributed by atoms with E-state index in [2.05, 4.69) is 27.4 Å². The first-order valence-electron chi connectivity index (χ1n) is 8.51. The zero-order valence-electron chi connectivity index (χ0n) is 15.1. The highest BCUT2D eigenvalue weighted by Gasteiger charge is 2.18. The van der Waals surface area contributed by atoms with Crippen LogP contribution >= 0.6 is 35.6 Å². The fraction of sp³-hybridized carbons (Fsp3) is 0.556. The molecular formula is C18H28ClIN4O. The van der Waals surface area contributed by atoms with Crippen LogP contribution in [0.15, 0.2) is 23.2 Å². The molecule has 1 amide bonds. The molecule has 1 aromatic carbocycles. The molecule has 0 radical (unpaired) electrons. The fourth-order valence-electron chi connectivity index (χ4n) is 2.80. The maximum Gasteiger partial charge on any atom is 0.226 e. The summed E-state index contributed by atoms with van der Waals surface area (Å²) in [5, 5.41) is 6.85. The topological polar surface area (TPSA) is 56.7 Å². The largest absolute Gasteiger partial charge is 0.356 e. The second-order valence-corrected chi connectivity index (χ2v) is 6.76. The Morgan fingerprint density at radius 3 is 2.68 bits per heavy atom. The summed E-state index contributed by atoms with van der Waals surface area (Å²) in [6, 6.07) is 5.51. The molecule has 0 atom stereocenters. The van der Waals surface area contributed by atoms with Gasteiger partial charge in [-0.1, -0.05) is 24.6 Å². The highest BCUT2D eigenvalue weighted by Crippen LogP contribution is 2.22. The van der Waals surface area contributed by atoms with Crippen molar-refractivity contribution in [3.63, 3.8) is 0 Å². The van der Waals surface area contributed by atoms with Crippen molar-refractivity contribution in [2.45, 2.75) is 33.1 Å². The van der Waals surface area contributed by atoms with Crippen LogP contribution in [0.4, 0.5) is 5.69 Å². The molecule has 25 heavy (non-hydrogen) atoms. The summed E-state index contributed by atoms with van der Waals surface area (Å²) in [7, 11) is 1.79. The molecule has 7 heteroatoms. The van der Waals surface area contributed by atoms with Crippen LogP contribution in [0.3, 0.4) is 0 Å². The number of hydrogen-bond acceptors (Lipinski definition) is 2. The summed E-state index contributed by atoms with van der Waals surface area (Å²) < 4.78 is 0. The maximum absolute atomic E-state index is 12.1. The Morgan fingerprint density at radius 1 is 1.36 bits per heavy atom. The Morgan fingerprint density at radius 2 is 2.04 bits per heavy atom. The summed E-state index contributed by atoms with van der Waals surface area (Å²) in [6.07, 6.45) is 2.76. The molecule has 1 aliphatic heterocycles. The lowest BCUT2D eigenvalue weighted by molar-refractivity contribution is -0.116. The smallest absolute Gasteiger partial charge is 0.226 e. The van der Waals surface area contributed by atoms with Gasteiger partial charge < -0.3 is 15.5 Å². The second-order valence-electron chi connectivity index (χ2n) is 6.35. The van der Waals surface area contributed by atoms with E-state index in [0.717, 1.165) is 36.2 Å². The third kappa shape index (κ3) is 6.66. The van der Waals surface area contributed by atoms with Gasteiger partial charge in [0.2, 0.25) is 5.91 Å². The Kier molecular flexibility index (Phi) is 9.56. The molecule has 1 aliphatic rings. The SMILES string of the molecule is CN=C(NCCC(=O)Nc1cccc(Cl)c1C)N1CCC(C)CC1.I. The molecule has 2 rings (SSSR count). The van der Waals surface area contributed by atoms with Crippen molar-refractivity contribution >= 4 is 53.1 Å². The summed E-state index contributed by atoms with van der Waals surface area (Å²) in [5.41, 5.74) is 1.65. The molecule has 0 unspecified atom stereocenters. The van der Waals surface area contributed by atoms with E-state index in [9.17, 15) is 4.79 Å². The Bertz CT molecular complexity index is 601. The number of carbonyl (C=O) groups excluding carboxylic acids is 1. The van der Waals surface area contributed by atoms with E-state index in [1.54, 1.807) is 7.05 Å². The lowest BCUT2D eigenvalue weighted by atomic mass is 10.00. The molecule has 0 bridgehead atoms. The molecule has 0 spiro atoms. The highest BCUT2D eigenvalue weighted by molar-refractivity contribution is 14.0. The van der Waals surface area contributed by atoms with Gasteiger partial charge in [-0.15, -0.1) is 24.0 Å². The van der Waals surface area contributed by atoms with Gasteiger partial charge in [-0.05, 0) is 43.4 Å². The van der Waals surface area contributed by atoms with Crippen molar-refractivity contribution in [3.8, 4) is 0 Å². The molecule has 1 aromatic rings. The first-order valence-corrected chi connectivity index (χ1v) is 8.89. The van der Waals surface area contributed by atoms with Gasteiger partial charge in [0.15, 0.2) is 5.96 Å². The molecule has 1 fully saturated rings. The van der Waals surface area contributed by atoms with Gasteiger partial charge in [0.1, 0.15) is 0 Å². The van der Waals surface area contributed by atoms with E-state index >= 15 is 0 Å². The minimum absolute atomic E-state index is 0. The van der Waals surface area contributed by atoms with E-state index in [1.807, 2.05) is 25.1 Å². The van der Waals surface area contributed by atoms with Crippen molar-refractivity contribution in [2.75, 3.05) is 32.0 Å². The standard InChI is InChI=1S/C18H27ClN4O.HI/c1-13-8-11-23(12-9-13)18(20-3)21-10-7-17(24)22-16-6-4-5-15(19)14(16)2;/h4-6,13H,7-12H2,1-3H3,(H,20,21)(H,22,24);1H. The van der Waals surface area contributed by atoms with Gasteiger partial charge >= 0.3 is 0 Å². The zero-order chi connectivity index (χ0) is 17.5. The fourth-order valence-corrected chi connectivity index (χ4v) is 2.97. The van der Waals surface area contributed by atoms with E-state index in [0.29, 0.717) is 18.0 Å². The van der Waals surface area contributed by atoms with Crippen LogP contribution < -0.4 is 10.6 Å². The van der Waals surface area contributed by atoms with Gasteiger partial charge in [0.25, 0.3) is 0 Å². The summed E-state index contributed by atoms with van der Waals surface area (Å²) in [5.74, 6) is 1.63. The number of likely N-dealkylation sites (tertiary alicyclic amines) is 1. The van der Waals surface area contributed by atoms with Crippen molar-refractivity contribution in [3.05, 3.63) is 28.8 Å². The number of nitrogens with one attached hydrogen (secondary N) is 2. The number of halogens is 2. The number of aliphatic imine (C=N–C) groups is 1. The van der Waals surface area contributed by atoms with Crippen LogP contribution in [0.1, 0.15) is 31.7 Å². The molecule has 0 aromatic heterocycles. The highest BCUT2D eigenvalue weighted by atomic mass is 127. The van der Waals surface area contributed by atoms with Crippen molar-refractivity contribution in [2.24, 2.45) is 10.9 Å². The monoisotopic (exact) mass is 478 g/mol. The van der Waals surface area contributed by atoms with Crippen molar-refractivity contribution < 1.29 is 4.79 Å². The van der Waals surface area contributed by atoms with Crippen molar-refractivity contribution in [1.29, 1.82) is 0 Å². The number of rotatable bonds is 4. The quantitative estimate of drug-likeness (QED) is 0.392. The summed E-state index contributed by atoms with van der Waals surface area (Å²) in [4.78, 5) is 18.7. The molecule has 1 saturated heterocycles. The van der Waals surface area contributed by atoms with Gasteiger partial charge in [0, 0.05) is 43.8 Å². The van der Waals surface area contributed by atoms with Gasteiger partial charge in [-0.3, -0.25) is 9.79 Å². The van der Waals surface area contributed by atoms with Crippen LogP contribution in [-0.4, -0.2) is 43.4 Å². The normalized spacial score (nSPS) is 15.5. The molecule has 2 N–H and O–H groups in total. The number of nitrogens with zero attached hydrogens (tertiary/aromatic N) is 2. The minimum Gasteiger partial charge on any atom is -0.356 e. The number of carbonyl (C=O) groups is 1. The first-order chi connectivity index (χ1) is 11.5. The Labute approximate surface area is 172 Å². The average molecular weight is 479 g/mol. The Hall–Kier alpha value is -1.02. The first kappa shape index (κ1) is 22.0. The van der Waals surface area contributed by atoms with Crippen LogP contribution in [-0.2, 0) is 4.79 Å². The minimum atomic E-state index is -0.0319. The molecule has 0 aliphatic carbocycles. The molecule has 5 nitrogen and oxygen atoms in total. The van der Waals surface area contributed by atoms with E-state index in [1.165, 1.54) is 12.8 Å². The predicted molar refractivity (Wildman–Crippen MR) is 116 cm³/mol. The lowest BCUT2D eigenvalue weighted by Crippen LogP contribution is -2.46.